The molecule has 1 aliphatic rings. The zero-order chi connectivity index (χ0) is 12.0. The number of carbonyl (C=O) groups excluding carboxylic acids is 1. The molecule has 1 aliphatic carbocycles. The molecule has 0 radical (unpaired) electrons. The predicted octanol–water partition coefficient (Wildman–Crippen LogP) is 1.28. The Labute approximate surface area is 96.6 Å². The van der Waals surface area contributed by atoms with Crippen LogP contribution in [-0.4, -0.2) is 18.7 Å². The van der Waals surface area contributed by atoms with Crippen LogP contribution in [0.5, 0.6) is 0 Å². The SMILES string of the molecule is CC1(C)CCC(OCCC(=O)ONN)CC1. The smallest absolute Gasteiger partial charge is 0.328 e. The summed E-state index contributed by atoms with van der Waals surface area (Å²) in [5.74, 6) is 4.45. The first-order valence-electron chi connectivity index (χ1n) is 5.80. The second kappa shape index (κ2) is 6.18. The molecular formula is C11H22N2O3. The fourth-order valence-corrected chi connectivity index (χ4v) is 1.97. The number of hydrogen-bond acceptors (Lipinski definition) is 5. The minimum Gasteiger partial charge on any atom is -0.378 e. The van der Waals surface area contributed by atoms with E-state index < -0.39 is 5.97 Å². The van der Waals surface area contributed by atoms with Gasteiger partial charge in [-0.3, -0.25) is 4.79 Å². The van der Waals surface area contributed by atoms with Crippen LogP contribution in [0.1, 0.15) is 46.0 Å². The van der Waals surface area contributed by atoms with Crippen molar-refractivity contribution >= 4 is 5.97 Å². The Morgan fingerprint density at radius 3 is 2.62 bits per heavy atom. The summed E-state index contributed by atoms with van der Waals surface area (Å²) in [4.78, 5) is 15.3. The molecule has 3 N–H and O–H groups in total. The molecule has 16 heavy (non-hydrogen) atoms. The number of ether oxygens (including phenoxy) is 1. The van der Waals surface area contributed by atoms with E-state index in [0.717, 1.165) is 12.8 Å². The molecule has 1 rings (SSSR count). The highest BCUT2D eigenvalue weighted by molar-refractivity contribution is 5.69. The second-order valence-electron chi connectivity index (χ2n) is 5.08. The van der Waals surface area contributed by atoms with Gasteiger partial charge in [-0.1, -0.05) is 19.4 Å². The van der Waals surface area contributed by atoms with Crippen molar-refractivity contribution in [3.63, 3.8) is 0 Å². The molecular weight excluding hydrogens is 208 g/mol. The molecule has 0 atom stereocenters. The van der Waals surface area contributed by atoms with Crippen LogP contribution in [0.2, 0.25) is 0 Å². The zero-order valence-corrected chi connectivity index (χ0v) is 10.1. The first-order valence-corrected chi connectivity index (χ1v) is 5.80. The van der Waals surface area contributed by atoms with E-state index in [-0.39, 0.29) is 6.42 Å². The summed E-state index contributed by atoms with van der Waals surface area (Å²) in [5, 5.41) is 0. The average molecular weight is 230 g/mol. The Morgan fingerprint density at radius 1 is 1.44 bits per heavy atom. The van der Waals surface area contributed by atoms with Crippen molar-refractivity contribution in [1.82, 2.24) is 5.59 Å². The Bertz CT molecular complexity index is 221. The van der Waals surface area contributed by atoms with Crippen LogP contribution in [0, 0.1) is 5.41 Å². The zero-order valence-electron chi connectivity index (χ0n) is 10.1. The first-order chi connectivity index (χ1) is 7.53. The van der Waals surface area contributed by atoms with Crippen molar-refractivity contribution in [2.24, 2.45) is 11.3 Å². The molecule has 1 saturated carbocycles. The van der Waals surface area contributed by atoms with Crippen LogP contribution in [0.25, 0.3) is 0 Å². The van der Waals surface area contributed by atoms with Crippen LogP contribution < -0.4 is 11.4 Å². The fraction of sp³-hybridized carbons (Fsp3) is 0.909. The van der Waals surface area contributed by atoms with Gasteiger partial charge in [-0.05, 0) is 31.1 Å². The van der Waals surface area contributed by atoms with Gasteiger partial charge in [0.25, 0.3) is 0 Å². The molecule has 1 fully saturated rings. The second-order valence-corrected chi connectivity index (χ2v) is 5.08. The van der Waals surface area contributed by atoms with E-state index in [4.69, 9.17) is 10.6 Å². The normalized spacial score (nSPS) is 20.7. The van der Waals surface area contributed by atoms with Gasteiger partial charge in [0.15, 0.2) is 0 Å². The van der Waals surface area contributed by atoms with Crippen LogP contribution in [0.15, 0.2) is 0 Å². The first kappa shape index (κ1) is 13.4. The predicted molar refractivity (Wildman–Crippen MR) is 60.0 cm³/mol. The van der Waals surface area contributed by atoms with Crippen molar-refractivity contribution in [1.29, 1.82) is 0 Å². The lowest BCUT2D eigenvalue weighted by Crippen LogP contribution is -2.29. The molecule has 0 amide bonds. The number of carbonyl (C=O) groups is 1. The van der Waals surface area contributed by atoms with Gasteiger partial charge in [-0.2, -0.15) is 0 Å². The molecule has 0 aromatic rings. The van der Waals surface area contributed by atoms with E-state index in [1.165, 1.54) is 12.8 Å². The molecule has 94 valence electrons. The van der Waals surface area contributed by atoms with E-state index >= 15 is 0 Å². The maximum atomic E-state index is 10.9. The highest BCUT2D eigenvalue weighted by Crippen LogP contribution is 2.36. The Hall–Kier alpha value is -0.650. The molecule has 0 aliphatic heterocycles. The lowest BCUT2D eigenvalue weighted by Gasteiger charge is -2.34. The van der Waals surface area contributed by atoms with Gasteiger partial charge in [-0.25, -0.2) is 5.84 Å². The standard InChI is InChI=1S/C11H22N2O3/c1-11(2)6-3-9(4-7-11)15-8-5-10(14)16-13-12/h9,13H,3-8,12H2,1-2H3. The molecule has 0 aromatic heterocycles. The maximum Gasteiger partial charge on any atom is 0.328 e. The molecule has 0 aromatic carbocycles. The van der Waals surface area contributed by atoms with Crippen molar-refractivity contribution in [2.75, 3.05) is 6.61 Å². The lowest BCUT2D eigenvalue weighted by atomic mass is 9.76. The third-order valence-electron chi connectivity index (χ3n) is 3.12. The van der Waals surface area contributed by atoms with Gasteiger partial charge in [0.2, 0.25) is 0 Å². The molecule has 0 unspecified atom stereocenters. The van der Waals surface area contributed by atoms with Gasteiger partial charge in [0.05, 0.1) is 19.1 Å². The number of nitrogens with one attached hydrogen (secondary N) is 1. The van der Waals surface area contributed by atoms with Crippen molar-refractivity contribution in [2.45, 2.75) is 52.1 Å². The average Bonchev–Trinajstić information content (AvgIpc) is 2.21. The number of nitrogens with two attached hydrogens (primary N) is 1. The highest BCUT2D eigenvalue weighted by atomic mass is 16.7. The summed E-state index contributed by atoms with van der Waals surface area (Å²) in [5.41, 5.74) is 2.31. The van der Waals surface area contributed by atoms with Gasteiger partial charge < -0.3 is 9.57 Å². The number of hydrazine groups is 1. The summed E-state index contributed by atoms with van der Waals surface area (Å²) in [6, 6.07) is 0. The summed E-state index contributed by atoms with van der Waals surface area (Å²) < 4.78 is 5.62. The van der Waals surface area contributed by atoms with Gasteiger partial charge in [0.1, 0.15) is 0 Å². The van der Waals surface area contributed by atoms with Crippen molar-refractivity contribution in [3.05, 3.63) is 0 Å². The van der Waals surface area contributed by atoms with Gasteiger partial charge in [-0.15, -0.1) is 0 Å². The van der Waals surface area contributed by atoms with Gasteiger partial charge in [0, 0.05) is 0 Å². The Morgan fingerprint density at radius 2 is 2.06 bits per heavy atom. The van der Waals surface area contributed by atoms with Gasteiger partial charge >= 0.3 is 5.97 Å². The minimum atomic E-state index is -0.390. The minimum absolute atomic E-state index is 0.240. The third kappa shape index (κ3) is 4.92. The number of hydrogen-bond donors (Lipinski definition) is 2. The van der Waals surface area contributed by atoms with E-state index in [1.54, 1.807) is 0 Å². The topological polar surface area (TPSA) is 73.6 Å². The van der Waals surface area contributed by atoms with Crippen LogP contribution in [0.3, 0.4) is 0 Å². The largest absolute Gasteiger partial charge is 0.378 e. The Balaban J connectivity index is 2.09. The van der Waals surface area contributed by atoms with E-state index in [2.05, 4.69) is 18.7 Å². The molecule has 5 heteroatoms. The number of rotatable bonds is 5. The molecule has 0 heterocycles. The quantitative estimate of drug-likeness (QED) is 0.550. The van der Waals surface area contributed by atoms with Crippen LogP contribution >= 0.6 is 0 Å². The van der Waals surface area contributed by atoms with Crippen molar-refractivity contribution < 1.29 is 14.4 Å². The van der Waals surface area contributed by atoms with Crippen LogP contribution in [0.4, 0.5) is 0 Å². The summed E-state index contributed by atoms with van der Waals surface area (Å²) in [7, 11) is 0. The lowest BCUT2D eigenvalue weighted by molar-refractivity contribution is -0.153. The monoisotopic (exact) mass is 230 g/mol. The summed E-state index contributed by atoms with van der Waals surface area (Å²) in [6.07, 6.45) is 5.07. The molecule has 0 spiro atoms. The Kier molecular flexibility index (Phi) is 5.18. The highest BCUT2D eigenvalue weighted by Gasteiger charge is 2.27. The maximum absolute atomic E-state index is 10.9. The summed E-state index contributed by atoms with van der Waals surface area (Å²) >= 11 is 0. The molecule has 5 nitrogen and oxygen atoms in total. The van der Waals surface area contributed by atoms with E-state index in [9.17, 15) is 4.79 Å². The molecule has 0 bridgehead atoms. The summed E-state index contributed by atoms with van der Waals surface area (Å²) in [6.45, 7) is 4.98. The van der Waals surface area contributed by atoms with E-state index in [1.807, 2.05) is 5.59 Å². The van der Waals surface area contributed by atoms with E-state index in [0.29, 0.717) is 18.1 Å². The third-order valence-corrected chi connectivity index (χ3v) is 3.12. The van der Waals surface area contributed by atoms with Crippen LogP contribution in [-0.2, 0) is 14.4 Å². The fourth-order valence-electron chi connectivity index (χ4n) is 1.97. The van der Waals surface area contributed by atoms with Crippen molar-refractivity contribution in [3.8, 4) is 0 Å². The molecule has 0 saturated heterocycles.